The van der Waals surface area contributed by atoms with Crippen LogP contribution in [0.15, 0.2) is 30.6 Å². The van der Waals surface area contributed by atoms with Gasteiger partial charge in [0.2, 0.25) is 0 Å². The van der Waals surface area contributed by atoms with E-state index in [1.807, 2.05) is 12.4 Å². The molecule has 5 heteroatoms. The molecule has 23 heavy (non-hydrogen) atoms. The van der Waals surface area contributed by atoms with Crippen molar-refractivity contribution < 1.29 is 4.74 Å². The first-order valence-corrected chi connectivity index (χ1v) is 8.23. The zero-order valence-corrected chi connectivity index (χ0v) is 13.9. The van der Waals surface area contributed by atoms with Crippen molar-refractivity contribution in [3.05, 3.63) is 47.5 Å². The maximum absolute atomic E-state index is 5.01. The molecule has 0 saturated carbocycles. The summed E-state index contributed by atoms with van der Waals surface area (Å²) < 4.78 is 5.01. The number of ether oxygens (including phenoxy) is 1. The molecule has 1 aliphatic rings. The van der Waals surface area contributed by atoms with Gasteiger partial charge in [0, 0.05) is 42.4 Å². The van der Waals surface area contributed by atoms with Crippen molar-refractivity contribution in [3.8, 4) is 6.01 Å². The van der Waals surface area contributed by atoms with Crippen LogP contribution in [0.5, 0.6) is 6.01 Å². The Morgan fingerprint density at radius 2 is 2.09 bits per heavy atom. The highest BCUT2D eigenvalue weighted by Crippen LogP contribution is 2.21. The van der Waals surface area contributed by atoms with Crippen molar-refractivity contribution >= 4 is 0 Å². The number of likely N-dealkylation sites (tertiary alicyclic amines) is 1. The van der Waals surface area contributed by atoms with E-state index in [1.54, 1.807) is 7.11 Å². The summed E-state index contributed by atoms with van der Waals surface area (Å²) in [6.07, 6.45) is 7.31. The van der Waals surface area contributed by atoms with Crippen LogP contribution in [0.4, 0.5) is 0 Å². The lowest BCUT2D eigenvalue weighted by Crippen LogP contribution is -2.35. The second kappa shape index (κ2) is 7.51. The standard InChI is InChI=1S/C18H24N4O/c1-14-5-3-7-17(21-14)9-15-6-4-8-22(12-15)13-16-10-19-18(23-2)20-11-16/h3,5,7,10-11,15H,4,6,8-9,12-13H2,1-2H3. The SMILES string of the molecule is COc1ncc(CN2CCCC(Cc3cccc(C)n3)C2)cn1. The Labute approximate surface area is 137 Å². The summed E-state index contributed by atoms with van der Waals surface area (Å²) in [5.74, 6) is 0.678. The van der Waals surface area contributed by atoms with Gasteiger partial charge in [-0.15, -0.1) is 0 Å². The average Bonchev–Trinajstić information content (AvgIpc) is 2.56. The van der Waals surface area contributed by atoms with E-state index < -0.39 is 0 Å². The van der Waals surface area contributed by atoms with Gasteiger partial charge < -0.3 is 4.74 Å². The highest BCUT2D eigenvalue weighted by atomic mass is 16.5. The molecule has 2 aromatic heterocycles. The number of pyridine rings is 1. The molecule has 3 rings (SSSR count). The van der Waals surface area contributed by atoms with Crippen LogP contribution in [0.2, 0.25) is 0 Å². The molecule has 0 bridgehead atoms. The molecular weight excluding hydrogens is 288 g/mol. The molecule has 3 heterocycles. The molecule has 0 aliphatic carbocycles. The molecule has 0 radical (unpaired) electrons. The topological polar surface area (TPSA) is 51.1 Å². The summed E-state index contributed by atoms with van der Waals surface area (Å²) in [5.41, 5.74) is 3.45. The van der Waals surface area contributed by atoms with E-state index in [2.05, 4.69) is 45.0 Å². The van der Waals surface area contributed by atoms with Crippen molar-refractivity contribution in [2.24, 2.45) is 5.92 Å². The molecule has 1 atom stereocenters. The van der Waals surface area contributed by atoms with Crippen LogP contribution in [0.3, 0.4) is 0 Å². The van der Waals surface area contributed by atoms with Crippen LogP contribution in [-0.4, -0.2) is 40.1 Å². The Balaban J connectivity index is 1.57. The molecule has 5 nitrogen and oxygen atoms in total. The van der Waals surface area contributed by atoms with Crippen LogP contribution in [0, 0.1) is 12.8 Å². The van der Waals surface area contributed by atoms with Gasteiger partial charge in [0.05, 0.1) is 7.11 Å². The minimum atomic E-state index is 0.427. The molecular formula is C18H24N4O. The van der Waals surface area contributed by atoms with E-state index in [0.29, 0.717) is 11.9 Å². The predicted molar refractivity (Wildman–Crippen MR) is 89.3 cm³/mol. The fourth-order valence-corrected chi connectivity index (χ4v) is 3.26. The fraction of sp³-hybridized carbons (Fsp3) is 0.500. The Hall–Kier alpha value is -2.01. The Bertz CT molecular complexity index is 629. The van der Waals surface area contributed by atoms with Crippen molar-refractivity contribution in [2.45, 2.75) is 32.7 Å². The number of hydrogen-bond acceptors (Lipinski definition) is 5. The van der Waals surface area contributed by atoms with Crippen molar-refractivity contribution in [1.29, 1.82) is 0 Å². The largest absolute Gasteiger partial charge is 0.467 e. The summed E-state index contributed by atoms with van der Waals surface area (Å²) in [6, 6.07) is 6.73. The number of nitrogens with zero attached hydrogens (tertiary/aromatic N) is 4. The minimum absolute atomic E-state index is 0.427. The molecule has 2 aromatic rings. The summed E-state index contributed by atoms with van der Waals surface area (Å²) in [6.45, 7) is 5.22. The first kappa shape index (κ1) is 15.9. The first-order valence-electron chi connectivity index (χ1n) is 8.23. The third-order valence-electron chi connectivity index (χ3n) is 4.32. The molecule has 122 valence electrons. The second-order valence-electron chi connectivity index (χ2n) is 6.30. The maximum Gasteiger partial charge on any atom is 0.316 e. The van der Waals surface area contributed by atoms with Gasteiger partial charge in [-0.25, -0.2) is 9.97 Å². The van der Waals surface area contributed by atoms with Crippen LogP contribution in [-0.2, 0) is 13.0 Å². The van der Waals surface area contributed by atoms with Crippen LogP contribution >= 0.6 is 0 Å². The molecule has 1 aliphatic heterocycles. The van der Waals surface area contributed by atoms with Gasteiger partial charge >= 0.3 is 6.01 Å². The van der Waals surface area contributed by atoms with Gasteiger partial charge in [-0.3, -0.25) is 9.88 Å². The average molecular weight is 312 g/mol. The second-order valence-corrected chi connectivity index (χ2v) is 6.30. The summed E-state index contributed by atoms with van der Waals surface area (Å²) >= 11 is 0. The molecule has 1 fully saturated rings. The monoisotopic (exact) mass is 312 g/mol. The highest BCUT2D eigenvalue weighted by molar-refractivity contribution is 5.11. The normalized spacial score (nSPS) is 18.8. The van der Waals surface area contributed by atoms with Gasteiger partial charge in [-0.05, 0) is 50.8 Å². The van der Waals surface area contributed by atoms with Crippen LogP contribution < -0.4 is 4.74 Å². The highest BCUT2D eigenvalue weighted by Gasteiger charge is 2.21. The smallest absolute Gasteiger partial charge is 0.316 e. The predicted octanol–water partition coefficient (Wildman–Crippen LogP) is 2.64. The molecule has 0 N–H and O–H groups in total. The van der Waals surface area contributed by atoms with Gasteiger partial charge in [-0.1, -0.05) is 6.07 Å². The van der Waals surface area contributed by atoms with E-state index in [0.717, 1.165) is 37.3 Å². The van der Waals surface area contributed by atoms with E-state index in [1.165, 1.54) is 18.5 Å². The Morgan fingerprint density at radius 1 is 1.26 bits per heavy atom. The van der Waals surface area contributed by atoms with Crippen molar-refractivity contribution in [2.75, 3.05) is 20.2 Å². The lowest BCUT2D eigenvalue weighted by Gasteiger charge is -2.32. The number of piperidine rings is 1. The Morgan fingerprint density at radius 3 is 2.83 bits per heavy atom. The summed E-state index contributed by atoms with van der Waals surface area (Å²) in [5, 5.41) is 0. The van der Waals surface area contributed by atoms with Gasteiger partial charge in [0.1, 0.15) is 0 Å². The lowest BCUT2D eigenvalue weighted by molar-refractivity contribution is 0.166. The van der Waals surface area contributed by atoms with E-state index in [9.17, 15) is 0 Å². The molecule has 1 saturated heterocycles. The molecule has 1 unspecified atom stereocenters. The van der Waals surface area contributed by atoms with E-state index >= 15 is 0 Å². The van der Waals surface area contributed by atoms with E-state index in [4.69, 9.17) is 4.74 Å². The third kappa shape index (κ3) is 4.48. The number of rotatable bonds is 5. The quantitative estimate of drug-likeness (QED) is 0.849. The number of aromatic nitrogens is 3. The Kier molecular flexibility index (Phi) is 5.18. The number of aryl methyl sites for hydroxylation is 1. The van der Waals surface area contributed by atoms with Crippen molar-refractivity contribution in [3.63, 3.8) is 0 Å². The minimum Gasteiger partial charge on any atom is -0.467 e. The van der Waals surface area contributed by atoms with Crippen molar-refractivity contribution in [1.82, 2.24) is 19.9 Å². The van der Waals surface area contributed by atoms with Gasteiger partial charge in [0.15, 0.2) is 0 Å². The van der Waals surface area contributed by atoms with E-state index in [-0.39, 0.29) is 0 Å². The zero-order chi connectivity index (χ0) is 16.1. The van der Waals surface area contributed by atoms with Crippen LogP contribution in [0.25, 0.3) is 0 Å². The zero-order valence-electron chi connectivity index (χ0n) is 13.9. The van der Waals surface area contributed by atoms with Gasteiger partial charge in [-0.2, -0.15) is 0 Å². The fourth-order valence-electron chi connectivity index (χ4n) is 3.26. The number of hydrogen-bond donors (Lipinski definition) is 0. The third-order valence-corrected chi connectivity index (χ3v) is 4.32. The summed E-state index contributed by atoms with van der Waals surface area (Å²) in [7, 11) is 1.59. The molecule has 0 spiro atoms. The summed E-state index contributed by atoms with van der Waals surface area (Å²) in [4.78, 5) is 15.5. The molecule has 0 aromatic carbocycles. The van der Waals surface area contributed by atoms with Crippen LogP contribution in [0.1, 0.15) is 29.8 Å². The molecule has 0 amide bonds. The number of methoxy groups -OCH3 is 1. The first-order chi connectivity index (χ1) is 11.2. The van der Waals surface area contributed by atoms with Gasteiger partial charge in [0.25, 0.3) is 0 Å². The lowest BCUT2D eigenvalue weighted by atomic mass is 9.93. The maximum atomic E-state index is 5.01.